The minimum absolute atomic E-state index is 0.512. The Kier molecular flexibility index (Phi) is 4.19. The first-order valence-corrected chi connectivity index (χ1v) is 7.69. The third-order valence-electron chi connectivity index (χ3n) is 4.90. The van der Waals surface area contributed by atoms with Gasteiger partial charge in [-0.25, -0.2) is 0 Å². The smallest absolute Gasteiger partial charge is 0.0601 e. The molecule has 0 amide bonds. The number of hydrogen-bond acceptors (Lipinski definition) is 2. The summed E-state index contributed by atoms with van der Waals surface area (Å²) in [7, 11) is 1.83. The second kappa shape index (κ2) is 6.06. The highest BCUT2D eigenvalue weighted by molar-refractivity contribution is 5.20. The first-order valence-electron chi connectivity index (χ1n) is 7.69. The Labute approximate surface area is 116 Å². The van der Waals surface area contributed by atoms with Gasteiger partial charge in [0.05, 0.1) is 6.10 Å². The molecule has 0 unspecified atom stereocenters. The molecule has 0 aromatic heterocycles. The molecule has 0 heterocycles. The van der Waals surface area contributed by atoms with Crippen LogP contribution in [0.25, 0.3) is 0 Å². The maximum atomic E-state index is 5.34. The van der Waals surface area contributed by atoms with E-state index in [4.69, 9.17) is 4.74 Å². The van der Waals surface area contributed by atoms with Gasteiger partial charge >= 0.3 is 0 Å². The quantitative estimate of drug-likeness (QED) is 0.894. The average molecular weight is 259 g/mol. The first-order chi connectivity index (χ1) is 9.35. The van der Waals surface area contributed by atoms with Gasteiger partial charge in [-0.2, -0.15) is 0 Å². The second-order valence-corrected chi connectivity index (χ2v) is 6.15. The summed E-state index contributed by atoms with van der Waals surface area (Å²) in [5.41, 5.74) is 1.53. The molecule has 0 bridgehead atoms. The molecular formula is C17H25NO. The fourth-order valence-electron chi connectivity index (χ4n) is 3.55. The topological polar surface area (TPSA) is 21.3 Å². The molecule has 2 saturated carbocycles. The van der Waals surface area contributed by atoms with E-state index in [2.05, 4.69) is 35.6 Å². The average Bonchev–Trinajstić information content (AvgIpc) is 2.44. The summed E-state index contributed by atoms with van der Waals surface area (Å²) in [6.07, 6.45) is 8.24. The van der Waals surface area contributed by atoms with E-state index in [0.717, 1.165) is 12.0 Å². The van der Waals surface area contributed by atoms with Gasteiger partial charge in [0.25, 0.3) is 0 Å². The Hall–Kier alpha value is -0.860. The zero-order chi connectivity index (χ0) is 13.1. The molecule has 3 rings (SSSR count). The lowest BCUT2D eigenvalue weighted by molar-refractivity contribution is 0.0126. The fraction of sp³-hybridized carbons (Fsp3) is 0.647. The van der Waals surface area contributed by atoms with Crippen molar-refractivity contribution < 1.29 is 4.74 Å². The normalized spacial score (nSPS) is 34.8. The van der Waals surface area contributed by atoms with Crippen molar-refractivity contribution in [2.45, 2.75) is 62.6 Å². The van der Waals surface area contributed by atoms with Gasteiger partial charge in [0.1, 0.15) is 0 Å². The van der Waals surface area contributed by atoms with Crippen LogP contribution >= 0.6 is 0 Å². The van der Waals surface area contributed by atoms with E-state index in [1.807, 2.05) is 7.11 Å². The molecule has 1 N–H and O–H groups in total. The number of methoxy groups -OCH3 is 1. The van der Waals surface area contributed by atoms with Crippen molar-refractivity contribution in [1.29, 1.82) is 0 Å². The molecule has 2 fully saturated rings. The van der Waals surface area contributed by atoms with Gasteiger partial charge < -0.3 is 10.1 Å². The van der Waals surface area contributed by atoms with Crippen molar-refractivity contribution in [3.8, 4) is 0 Å². The monoisotopic (exact) mass is 259 g/mol. The van der Waals surface area contributed by atoms with Crippen molar-refractivity contribution in [1.82, 2.24) is 5.32 Å². The molecule has 0 atom stereocenters. The molecule has 104 valence electrons. The third-order valence-corrected chi connectivity index (χ3v) is 4.90. The number of nitrogens with one attached hydrogen (secondary N) is 1. The number of ether oxygens (including phenoxy) is 1. The lowest BCUT2D eigenvalue weighted by Gasteiger charge is -2.39. The van der Waals surface area contributed by atoms with Gasteiger partial charge in [0.15, 0.2) is 0 Å². The van der Waals surface area contributed by atoms with E-state index in [9.17, 15) is 0 Å². The Bertz CT molecular complexity index is 378. The Morgan fingerprint density at radius 2 is 1.63 bits per heavy atom. The van der Waals surface area contributed by atoms with Crippen LogP contribution in [0.4, 0.5) is 0 Å². The molecule has 0 radical (unpaired) electrons. The first kappa shape index (κ1) is 13.1. The van der Waals surface area contributed by atoms with Gasteiger partial charge in [-0.1, -0.05) is 30.3 Å². The zero-order valence-electron chi connectivity index (χ0n) is 11.8. The predicted octanol–water partition coefficient (Wildman–Crippen LogP) is 3.48. The van der Waals surface area contributed by atoms with Crippen LogP contribution in [0.5, 0.6) is 0 Å². The van der Waals surface area contributed by atoms with Crippen LogP contribution in [-0.4, -0.2) is 25.3 Å². The molecule has 2 aliphatic rings. The lowest BCUT2D eigenvalue weighted by atomic mass is 9.80. The molecule has 2 nitrogen and oxygen atoms in total. The molecule has 19 heavy (non-hydrogen) atoms. The fourth-order valence-corrected chi connectivity index (χ4v) is 3.55. The third kappa shape index (κ3) is 3.18. The van der Waals surface area contributed by atoms with Gasteiger partial charge in [-0.3, -0.25) is 0 Å². The van der Waals surface area contributed by atoms with Crippen molar-refractivity contribution >= 4 is 0 Å². The van der Waals surface area contributed by atoms with Crippen LogP contribution in [0.2, 0.25) is 0 Å². The maximum absolute atomic E-state index is 5.34. The van der Waals surface area contributed by atoms with E-state index >= 15 is 0 Å². The summed E-state index contributed by atoms with van der Waals surface area (Å²) in [5, 5.41) is 3.81. The summed E-state index contributed by atoms with van der Waals surface area (Å²) in [6, 6.07) is 12.5. The highest BCUT2D eigenvalue weighted by atomic mass is 16.5. The minimum atomic E-state index is 0.512. The minimum Gasteiger partial charge on any atom is -0.381 e. The maximum Gasteiger partial charge on any atom is 0.0601 e. The van der Waals surface area contributed by atoms with Crippen LogP contribution in [0.3, 0.4) is 0 Å². The number of benzene rings is 1. The largest absolute Gasteiger partial charge is 0.381 e. The van der Waals surface area contributed by atoms with Crippen LogP contribution in [0, 0.1) is 0 Å². The highest BCUT2D eigenvalue weighted by Gasteiger charge is 2.31. The molecule has 2 aliphatic carbocycles. The lowest BCUT2D eigenvalue weighted by Crippen LogP contribution is -2.49. The summed E-state index contributed by atoms with van der Waals surface area (Å²) in [5.74, 6) is 0.785. The molecule has 0 spiro atoms. The SMILES string of the molecule is COC1CC(NC2CCC(c3ccccc3)CC2)C1. The molecule has 2 heteroatoms. The molecular weight excluding hydrogens is 234 g/mol. The standard InChI is InChI=1S/C17H25NO/c1-19-17-11-16(12-17)18-15-9-7-14(8-10-15)13-5-3-2-4-6-13/h2-6,14-18H,7-12H2,1H3. The van der Waals surface area contributed by atoms with Crippen molar-refractivity contribution in [2.75, 3.05) is 7.11 Å². The van der Waals surface area contributed by atoms with Crippen molar-refractivity contribution in [2.24, 2.45) is 0 Å². The van der Waals surface area contributed by atoms with Crippen molar-refractivity contribution in [3.05, 3.63) is 35.9 Å². The van der Waals surface area contributed by atoms with E-state index in [1.54, 1.807) is 0 Å². The van der Waals surface area contributed by atoms with Gasteiger partial charge in [-0.15, -0.1) is 0 Å². The summed E-state index contributed by atoms with van der Waals surface area (Å²) < 4.78 is 5.34. The van der Waals surface area contributed by atoms with E-state index in [0.29, 0.717) is 12.1 Å². The van der Waals surface area contributed by atoms with Crippen LogP contribution < -0.4 is 5.32 Å². The van der Waals surface area contributed by atoms with Crippen LogP contribution in [0.1, 0.15) is 50.0 Å². The van der Waals surface area contributed by atoms with Crippen LogP contribution in [0.15, 0.2) is 30.3 Å². The Morgan fingerprint density at radius 1 is 0.947 bits per heavy atom. The van der Waals surface area contributed by atoms with Gasteiger partial charge in [0.2, 0.25) is 0 Å². The zero-order valence-corrected chi connectivity index (χ0v) is 11.8. The van der Waals surface area contributed by atoms with E-state index < -0.39 is 0 Å². The van der Waals surface area contributed by atoms with Crippen molar-refractivity contribution in [3.63, 3.8) is 0 Å². The highest BCUT2D eigenvalue weighted by Crippen LogP contribution is 2.34. The van der Waals surface area contributed by atoms with E-state index in [-0.39, 0.29) is 0 Å². The predicted molar refractivity (Wildman–Crippen MR) is 78.4 cm³/mol. The molecule has 0 saturated heterocycles. The van der Waals surface area contributed by atoms with E-state index in [1.165, 1.54) is 44.1 Å². The molecule has 1 aromatic rings. The summed E-state index contributed by atoms with van der Waals surface area (Å²) >= 11 is 0. The van der Waals surface area contributed by atoms with Gasteiger partial charge in [-0.05, 0) is 50.0 Å². The molecule has 1 aromatic carbocycles. The Balaban J connectivity index is 1.43. The summed E-state index contributed by atoms with van der Waals surface area (Å²) in [4.78, 5) is 0. The number of hydrogen-bond donors (Lipinski definition) is 1. The van der Waals surface area contributed by atoms with Gasteiger partial charge in [0, 0.05) is 19.2 Å². The Morgan fingerprint density at radius 3 is 2.26 bits per heavy atom. The second-order valence-electron chi connectivity index (χ2n) is 6.15. The molecule has 0 aliphatic heterocycles. The van der Waals surface area contributed by atoms with Crippen LogP contribution in [-0.2, 0) is 4.74 Å². The number of rotatable bonds is 4. The summed E-state index contributed by atoms with van der Waals surface area (Å²) in [6.45, 7) is 0.